The van der Waals surface area contributed by atoms with Crippen LogP contribution in [0.4, 0.5) is 0 Å². The average Bonchev–Trinajstić information content (AvgIpc) is 2.54. The van der Waals surface area contributed by atoms with E-state index in [1.54, 1.807) is 12.3 Å². The third-order valence-corrected chi connectivity index (χ3v) is 2.89. The molecule has 0 aliphatic carbocycles. The lowest BCUT2D eigenvalue weighted by Crippen LogP contribution is -2.26. The van der Waals surface area contributed by atoms with E-state index in [9.17, 15) is 4.79 Å². The molecule has 4 heteroatoms. The highest BCUT2D eigenvalue weighted by Crippen LogP contribution is 2.07. The fourth-order valence-corrected chi connectivity index (χ4v) is 1.88. The van der Waals surface area contributed by atoms with Crippen molar-refractivity contribution in [1.82, 2.24) is 10.3 Å². The maximum absolute atomic E-state index is 12.2. The number of hydrogen-bond acceptors (Lipinski definition) is 3. The fraction of sp³-hybridized carbons (Fsp3) is 0.176. The molecule has 106 valence electrons. The number of pyridine rings is 1. The van der Waals surface area contributed by atoms with E-state index in [-0.39, 0.29) is 12.5 Å². The molecule has 1 heterocycles. The minimum atomic E-state index is -0.132. The first-order chi connectivity index (χ1) is 10.3. The Bertz CT molecular complexity index is 656. The zero-order valence-corrected chi connectivity index (χ0v) is 11.7. The second-order valence-electron chi connectivity index (χ2n) is 4.38. The Hall–Kier alpha value is -2.64. The molecule has 0 bridgehead atoms. The highest BCUT2D eigenvalue weighted by Gasteiger charge is 2.08. The molecule has 0 unspecified atom stereocenters. The lowest BCUT2D eigenvalue weighted by molar-refractivity contribution is 0.0954. The van der Waals surface area contributed by atoms with Crippen molar-refractivity contribution in [1.29, 1.82) is 0 Å². The van der Waals surface area contributed by atoms with E-state index in [0.717, 1.165) is 5.69 Å². The van der Waals surface area contributed by atoms with Gasteiger partial charge in [-0.25, -0.2) is 0 Å². The van der Waals surface area contributed by atoms with Crippen molar-refractivity contribution in [2.45, 2.75) is 6.42 Å². The predicted octanol–water partition coefficient (Wildman–Crippen LogP) is 1.36. The van der Waals surface area contributed by atoms with Gasteiger partial charge in [0.2, 0.25) is 0 Å². The molecule has 0 saturated heterocycles. The number of aromatic nitrogens is 1. The van der Waals surface area contributed by atoms with Gasteiger partial charge >= 0.3 is 0 Å². The summed E-state index contributed by atoms with van der Waals surface area (Å²) >= 11 is 0. The molecule has 0 saturated carbocycles. The van der Waals surface area contributed by atoms with E-state index < -0.39 is 0 Å². The number of hydrogen-bond donors (Lipinski definition) is 2. The van der Waals surface area contributed by atoms with Crippen LogP contribution in [0.1, 0.15) is 21.6 Å². The Labute approximate surface area is 124 Å². The summed E-state index contributed by atoms with van der Waals surface area (Å²) in [6, 6.07) is 13.0. The summed E-state index contributed by atoms with van der Waals surface area (Å²) in [6.45, 7) is 0.810. The molecule has 2 aromatic rings. The van der Waals surface area contributed by atoms with Gasteiger partial charge in [0.25, 0.3) is 5.91 Å². The van der Waals surface area contributed by atoms with E-state index in [2.05, 4.69) is 22.1 Å². The smallest absolute Gasteiger partial charge is 0.252 e. The van der Waals surface area contributed by atoms with Gasteiger partial charge in [0.05, 0.1) is 12.1 Å². The fourth-order valence-electron chi connectivity index (χ4n) is 1.88. The third kappa shape index (κ3) is 4.44. The summed E-state index contributed by atoms with van der Waals surface area (Å²) in [4.78, 5) is 16.4. The molecule has 0 atom stereocenters. The number of nitrogens with two attached hydrogens (primary N) is 1. The molecule has 2 rings (SSSR count). The molecule has 3 N–H and O–H groups in total. The van der Waals surface area contributed by atoms with Crippen LogP contribution in [-0.2, 0) is 6.42 Å². The van der Waals surface area contributed by atoms with Gasteiger partial charge in [0.15, 0.2) is 0 Å². The molecule has 0 aliphatic rings. The number of nitrogens with one attached hydrogen (secondary N) is 1. The van der Waals surface area contributed by atoms with Crippen molar-refractivity contribution >= 4 is 5.91 Å². The molecular weight excluding hydrogens is 262 g/mol. The zero-order chi connectivity index (χ0) is 14.9. The highest BCUT2D eigenvalue weighted by atomic mass is 16.1. The summed E-state index contributed by atoms with van der Waals surface area (Å²) in [5.74, 6) is 5.55. The van der Waals surface area contributed by atoms with Crippen molar-refractivity contribution in [3.63, 3.8) is 0 Å². The maximum atomic E-state index is 12.2. The van der Waals surface area contributed by atoms with Crippen LogP contribution in [0.5, 0.6) is 0 Å². The highest BCUT2D eigenvalue weighted by molar-refractivity contribution is 5.96. The number of amides is 1. The van der Waals surface area contributed by atoms with Gasteiger partial charge in [-0.15, -0.1) is 0 Å². The monoisotopic (exact) mass is 279 g/mol. The van der Waals surface area contributed by atoms with Crippen LogP contribution in [0.3, 0.4) is 0 Å². The van der Waals surface area contributed by atoms with E-state index >= 15 is 0 Å². The van der Waals surface area contributed by atoms with Crippen LogP contribution in [0.15, 0.2) is 48.7 Å². The Balaban J connectivity index is 1.97. The Morgan fingerprint density at radius 1 is 1.19 bits per heavy atom. The lowest BCUT2D eigenvalue weighted by Gasteiger charge is -2.06. The Morgan fingerprint density at radius 3 is 2.76 bits per heavy atom. The maximum Gasteiger partial charge on any atom is 0.252 e. The van der Waals surface area contributed by atoms with Crippen LogP contribution in [0.25, 0.3) is 0 Å². The zero-order valence-electron chi connectivity index (χ0n) is 11.7. The van der Waals surface area contributed by atoms with Gasteiger partial charge in [0, 0.05) is 30.4 Å². The first kappa shape index (κ1) is 14.8. The Kier molecular flexibility index (Phi) is 5.50. The first-order valence-corrected chi connectivity index (χ1v) is 6.77. The first-order valence-electron chi connectivity index (χ1n) is 6.77. The number of rotatable bonds is 4. The molecule has 1 amide bonds. The molecule has 21 heavy (non-hydrogen) atoms. The molecular formula is C17H17N3O. The summed E-state index contributed by atoms with van der Waals surface area (Å²) < 4.78 is 0. The predicted molar refractivity (Wildman–Crippen MR) is 82.6 cm³/mol. The van der Waals surface area contributed by atoms with Gasteiger partial charge in [-0.05, 0) is 24.3 Å². The van der Waals surface area contributed by atoms with Gasteiger partial charge in [-0.3, -0.25) is 9.78 Å². The van der Waals surface area contributed by atoms with E-state index in [4.69, 9.17) is 5.73 Å². The van der Waals surface area contributed by atoms with Crippen LogP contribution in [0.2, 0.25) is 0 Å². The second-order valence-corrected chi connectivity index (χ2v) is 4.38. The van der Waals surface area contributed by atoms with Crippen molar-refractivity contribution in [2.75, 3.05) is 13.1 Å². The van der Waals surface area contributed by atoms with Crippen molar-refractivity contribution in [2.24, 2.45) is 5.73 Å². The minimum Gasteiger partial charge on any atom is -0.352 e. The van der Waals surface area contributed by atoms with Gasteiger partial charge in [-0.1, -0.05) is 30.0 Å². The van der Waals surface area contributed by atoms with E-state index in [0.29, 0.717) is 24.1 Å². The topological polar surface area (TPSA) is 68.0 Å². The molecule has 1 aromatic carbocycles. The molecule has 0 aliphatic heterocycles. The van der Waals surface area contributed by atoms with Crippen LogP contribution >= 0.6 is 0 Å². The molecule has 0 spiro atoms. The summed E-state index contributed by atoms with van der Waals surface area (Å²) in [6.07, 6.45) is 2.44. The van der Waals surface area contributed by atoms with Crippen LogP contribution < -0.4 is 11.1 Å². The van der Waals surface area contributed by atoms with E-state index in [1.165, 1.54) is 0 Å². The summed E-state index contributed by atoms with van der Waals surface area (Å²) in [5, 5.41) is 2.89. The van der Waals surface area contributed by atoms with Gasteiger partial charge in [0.1, 0.15) is 0 Å². The number of benzene rings is 1. The van der Waals surface area contributed by atoms with Gasteiger partial charge < -0.3 is 11.1 Å². The van der Waals surface area contributed by atoms with Crippen molar-refractivity contribution in [3.8, 4) is 11.8 Å². The van der Waals surface area contributed by atoms with E-state index in [1.807, 2.05) is 36.4 Å². The number of carbonyl (C=O) groups excluding carboxylic acids is 1. The quantitative estimate of drug-likeness (QED) is 0.830. The van der Waals surface area contributed by atoms with Crippen LogP contribution in [0, 0.1) is 11.8 Å². The van der Waals surface area contributed by atoms with Gasteiger partial charge in [-0.2, -0.15) is 0 Å². The normalized spacial score (nSPS) is 9.57. The minimum absolute atomic E-state index is 0.132. The molecule has 0 radical (unpaired) electrons. The van der Waals surface area contributed by atoms with Crippen LogP contribution in [-0.4, -0.2) is 24.0 Å². The average molecular weight is 279 g/mol. The number of carbonyl (C=O) groups is 1. The summed E-state index contributed by atoms with van der Waals surface area (Å²) in [5.41, 5.74) is 7.58. The van der Waals surface area contributed by atoms with Crippen molar-refractivity contribution < 1.29 is 4.79 Å². The summed E-state index contributed by atoms with van der Waals surface area (Å²) in [7, 11) is 0. The lowest BCUT2D eigenvalue weighted by atomic mass is 10.1. The Morgan fingerprint density at radius 2 is 2.00 bits per heavy atom. The standard InChI is InChI=1S/C17H17N3O/c18-11-5-7-14-6-1-2-9-16(14)17(21)20-13-10-15-8-3-4-12-19-15/h1-4,6,8-9,12H,10-11,13,18H2,(H,20,21). The largest absolute Gasteiger partial charge is 0.352 e. The molecule has 1 aromatic heterocycles. The molecule has 0 fully saturated rings. The number of nitrogens with zero attached hydrogens (tertiary/aromatic N) is 1. The third-order valence-electron chi connectivity index (χ3n) is 2.89. The molecule has 4 nitrogen and oxygen atoms in total. The second kappa shape index (κ2) is 7.83. The SMILES string of the molecule is NCC#Cc1ccccc1C(=O)NCCc1ccccn1. The van der Waals surface area contributed by atoms with Crippen molar-refractivity contribution in [3.05, 3.63) is 65.5 Å².